The van der Waals surface area contributed by atoms with Crippen LogP contribution in [0, 0.1) is 12.4 Å². The number of hydrogen-bond acceptors (Lipinski definition) is 7. The van der Waals surface area contributed by atoms with E-state index in [4.69, 9.17) is 28.1 Å². The Kier molecular flexibility index (Phi) is 7.58. The average Bonchev–Trinajstić information content (AvgIpc) is 2.96. The molecule has 220 valence electrons. The van der Waals surface area contributed by atoms with Crippen LogP contribution in [-0.2, 0) is 4.79 Å². The molecule has 2 aliphatic heterocycles. The highest BCUT2D eigenvalue weighted by atomic mass is 35.5. The number of fused-ring (bicyclic) bond motifs is 2. The fourth-order valence-corrected chi connectivity index (χ4v) is 6.05. The Labute approximate surface area is 252 Å². The van der Waals surface area contributed by atoms with Gasteiger partial charge in [0.25, 0.3) is 5.91 Å². The predicted molar refractivity (Wildman–Crippen MR) is 164 cm³/mol. The van der Waals surface area contributed by atoms with E-state index in [-0.39, 0.29) is 30.8 Å². The second-order valence-electron chi connectivity index (χ2n) is 11.0. The molecule has 0 saturated carbocycles. The summed E-state index contributed by atoms with van der Waals surface area (Å²) in [5.74, 6) is -1.67. The van der Waals surface area contributed by atoms with Crippen LogP contribution in [0.15, 0.2) is 55.0 Å². The molecule has 2 saturated heterocycles. The first-order chi connectivity index (χ1) is 20.7. The van der Waals surface area contributed by atoms with E-state index in [1.165, 1.54) is 4.90 Å². The molecule has 9 nitrogen and oxygen atoms in total. The van der Waals surface area contributed by atoms with Gasteiger partial charge in [0.2, 0.25) is 12.5 Å². The zero-order valence-electron chi connectivity index (χ0n) is 23.8. The Morgan fingerprint density at radius 3 is 2.58 bits per heavy atom. The third kappa shape index (κ3) is 5.11. The third-order valence-electron chi connectivity index (χ3n) is 8.21. The van der Waals surface area contributed by atoms with Crippen molar-refractivity contribution in [3.63, 3.8) is 0 Å². The number of rotatable bonds is 6. The number of benzene rings is 2. The van der Waals surface area contributed by atoms with Crippen molar-refractivity contribution in [2.75, 3.05) is 63.2 Å². The molecule has 0 aliphatic carbocycles. The van der Waals surface area contributed by atoms with Crippen LogP contribution in [-0.4, -0.2) is 96.1 Å². The molecule has 0 unspecified atom stereocenters. The monoisotopic (exact) mass is 602 g/mol. The minimum Gasteiger partial charge on any atom is -0.352 e. The minimum absolute atomic E-state index is 0.0271. The van der Waals surface area contributed by atoms with Gasteiger partial charge in [-0.25, -0.2) is 20.3 Å². The molecule has 1 amide bonds. The normalized spacial score (nSPS) is 17.4. The van der Waals surface area contributed by atoms with Crippen molar-refractivity contribution in [1.82, 2.24) is 24.8 Å². The lowest BCUT2D eigenvalue weighted by molar-refractivity contribution is -0.131. The summed E-state index contributed by atoms with van der Waals surface area (Å²) in [6.07, 6.45) is 1.56. The molecular weight excluding hydrogens is 574 g/mol. The van der Waals surface area contributed by atoms with Crippen LogP contribution in [0.1, 0.15) is 0 Å². The van der Waals surface area contributed by atoms with Gasteiger partial charge in [0, 0.05) is 60.9 Å². The van der Waals surface area contributed by atoms with E-state index in [1.54, 1.807) is 18.3 Å². The molecule has 0 N–H and O–H groups in total. The van der Waals surface area contributed by atoms with Crippen LogP contribution in [0.2, 0.25) is 5.02 Å². The SMILES string of the molecule is [C-]#[N+]C[C@H]1CN(c2nc(N3CC(N(C)C)C3)nc3c(F)c(-c4cccc5cccc(Cl)c45)ncc23)CCN1C(=O)C(=C)F. The molecule has 2 aromatic heterocycles. The number of aromatic nitrogens is 3. The molecule has 2 aliphatic rings. The van der Waals surface area contributed by atoms with Gasteiger partial charge in [0.05, 0.1) is 5.39 Å². The number of hydrogen-bond donors (Lipinski definition) is 0. The molecule has 43 heavy (non-hydrogen) atoms. The number of likely N-dealkylation sites (N-methyl/N-ethyl adjacent to an activating group) is 1. The molecular formula is C31H29ClF2N8O. The third-order valence-corrected chi connectivity index (χ3v) is 8.53. The van der Waals surface area contributed by atoms with E-state index in [2.05, 4.69) is 21.3 Å². The summed E-state index contributed by atoms with van der Waals surface area (Å²) in [5, 5.41) is 2.45. The van der Waals surface area contributed by atoms with Crippen molar-refractivity contribution in [2.45, 2.75) is 12.1 Å². The lowest BCUT2D eigenvalue weighted by atomic mass is 10.0. The Hall–Kier alpha value is -4.40. The topological polar surface area (TPSA) is 73.1 Å². The predicted octanol–water partition coefficient (Wildman–Crippen LogP) is 4.81. The smallest absolute Gasteiger partial charge is 0.282 e. The first kappa shape index (κ1) is 28.7. The van der Waals surface area contributed by atoms with Crippen LogP contribution in [0.4, 0.5) is 20.5 Å². The summed E-state index contributed by atoms with van der Waals surface area (Å²) >= 11 is 6.56. The van der Waals surface area contributed by atoms with Crippen molar-refractivity contribution in [2.24, 2.45) is 0 Å². The number of carbonyl (C=O) groups is 1. The van der Waals surface area contributed by atoms with E-state index < -0.39 is 23.6 Å². The van der Waals surface area contributed by atoms with Crippen molar-refractivity contribution in [1.29, 1.82) is 0 Å². The minimum atomic E-state index is -1.07. The second kappa shape index (κ2) is 11.4. The molecule has 0 bridgehead atoms. The number of nitrogens with zero attached hydrogens (tertiary/aromatic N) is 8. The molecule has 2 aromatic carbocycles. The summed E-state index contributed by atoms with van der Waals surface area (Å²) in [6, 6.07) is 10.8. The molecule has 0 spiro atoms. The van der Waals surface area contributed by atoms with E-state index in [9.17, 15) is 9.18 Å². The zero-order valence-corrected chi connectivity index (χ0v) is 24.5. The Bertz CT molecular complexity index is 1800. The molecule has 0 radical (unpaired) electrons. The first-order valence-corrected chi connectivity index (χ1v) is 14.2. The molecule has 2 fully saturated rings. The van der Waals surface area contributed by atoms with Gasteiger partial charge >= 0.3 is 0 Å². The molecule has 1 atom stereocenters. The highest BCUT2D eigenvalue weighted by Gasteiger charge is 2.36. The lowest BCUT2D eigenvalue weighted by Crippen LogP contribution is -2.58. The lowest BCUT2D eigenvalue weighted by Gasteiger charge is -2.43. The van der Waals surface area contributed by atoms with E-state index in [1.807, 2.05) is 48.2 Å². The van der Waals surface area contributed by atoms with Crippen molar-refractivity contribution in [3.8, 4) is 11.3 Å². The fraction of sp³-hybridized carbons (Fsp3) is 0.323. The second-order valence-corrected chi connectivity index (χ2v) is 11.4. The van der Waals surface area contributed by atoms with E-state index >= 15 is 4.39 Å². The van der Waals surface area contributed by atoms with Crippen molar-refractivity contribution >= 4 is 50.9 Å². The quantitative estimate of drug-likeness (QED) is 0.232. The molecule has 6 rings (SSSR count). The Balaban J connectivity index is 1.48. The van der Waals surface area contributed by atoms with Gasteiger partial charge in [-0.3, -0.25) is 9.78 Å². The summed E-state index contributed by atoms with van der Waals surface area (Å²) in [4.78, 5) is 37.4. The summed E-state index contributed by atoms with van der Waals surface area (Å²) < 4.78 is 30.4. The zero-order chi connectivity index (χ0) is 30.4. The number of anilines is 2. The summed E-state index contributed by atoms with van der Waals surface area (Å²) in [5.41, 5.74) is 0.788. The maximum Gasteiger partial charge on any atom is 0.282 e. The maximum absolute atomic E-state index is 16.6. The van der Waals surface area contributed by atoms with E-state index in [0.717, 1.165) is 5.39 Å². The van der Waals surface area contributed by atoms with Gasteiger partial charge in [0.15, 0.2) is 11.6 Å². The number of pyridine rings is 1. The molecule has 12 heteroatoms. The van der Waals surface area contributed by atoms with Gasteiger partial charge < -0.3 is 24.4 Å². The average molecular weight is 603 g/mol. The van der Waals surface area contributed by atoms with Gasteiger partial charge in [-0.1, -0.05) is 48.5 Å². The van der Waals surface area contributed by atoms with Crippen LogP contribution in [0.5, 0.6) is 0 Å². The first-order valence-electron chi connectivity index (χ1n) is 13.9. The van der Waals surface area contributed by atoms with Crippen LogP contribution < -0.4 is 9.80 Å². The van der Waals surface area contributed by atoms with Gasteiger partial charge in [0.1, 0.15) is 23.1 Å². The Morgan fingerprint density at radius 2 is 1.88 bits per heavy atom. The van der Waals surface area contributed by atoms with Crippen LogP contribution in [0.3, 0.4) is 0 Å². The van der Waals surface area contributed by atoms with Crippen molar-refractivity contribution < 1.29 is 13.6 Å². The number of carbonyl (C=O) groups excluding carboxylic acids is 1. The number of amides is 1. The van der Waals surface area contributed by atoms with E-state index in [0.29, 0.717) is 58.8 Å². The van der Waals surface area contributed by atoms with Crippen molar-refractivity contribution in [3.05, 3.63) is 77.3 Å². The summed E-state index contributed by atoms with van der Waals surface area (Å²) in [6.45, 7) is 12.5. The van der Waals surface area contributed by atoms with Gasteiger partial charge in [-0.15, -0.1) is 0 Å². The Morgan fingerprint density at radius 1 is 1.14 bits per heavy atom. The largest absolute Gasteiger partial charge is 0.352 e. The molecule has 4 aromatic rings. The standard InChI is InChI=1S/C31H29ClF2N8O/c1-18(33)30(43)42-12-11-40(15-20(42)13-35-2)29-23-14-36-27(22-9-5-7-19-8-6-10-24(32)25(19)22)26(34)28(23)37-31(38-29)41-16-21(17-41)39(3)4/h5-10,14,20-21H,1,11-13,15-17H2,3-4H3/t20-/m0/s1. The number of piperazine rings is 1. The van der Waals surface area contributed by atoms with Gasteiger partial charge in [-0.05, 0) is 25.5 Å². The highest BCUT2D eigenvalue weighted by molar-refractivity contribution is 6.36. The van der Waals surface area contributed by atoms with Gasteiger partial charge in [-0.2, -0.15) is 4.98 Å². The highest BCUT2D eigenvalue weighted by Crippen LogP contribution is 2.38. The van der Waals surface area contributed by atoms with Crippen LogP contribution >= 0.6 is 11.6 Å². The number of halogens is 3. The fourth-order valence-electron chi connectivity index (χ4n) is 5.77. The molecule has 4 heterocycles. The summed E-state index contributed by atoms with van der Waals surface area (Å²) in [7, 11) is 4.01. The van der Waals surface area contributed by atoms with Crippen LogP contribution in [0.25, 0.3) is 37.8 Å². The maximum atomic E-state index is 16.6.